The molecular weight excluding hydrogens is 252 g/mol. The van der Waals surface area contributed by atoms with E-state index in [0.717, 1.165) is 4.90 Å². The predicted octanol–water partition coefficient (Wildman–Crippen LogP) is -0.776. The first kappa shape index (κ1) is 14.7. The van der Waals surface area contributed by atoms with E-state index < -0.39 is 30.9 Å². The summed E-state index contributed by atoms with van der Waals surface area (Å²) in [6, 6.07) is 1.54. The van der Waals surface area contributed by atoms with Crippen LogP contribution in [-0.2, 0) is 16.1 Å². The summed E-state index contributed by atoms with van der Waals surface area (Å²) in [6.45, 7) is 2.96. The fourth-order valence-electron chi connectivity index (χ4n) is 1.67. The number of carbonyl (C=O) groups is 3. The normalized spacial score (nSPS) is 10.2. The summed E-state index contributed by atoms with van der Waals surface area (Å²) in [4.78, 5) is 34.7. The molecule has 0 aromatic carbocycles. The molecule has 0 atom stereocenters. The zero-order valence-electron chi connectivity index (χ0n) is 10.8. The second kappa shape index (κ2) is 5.98. The van der Waals surface area contributed by atoms with Crippen molar-refractivity contribution >= 4 is 17.8 Å². The Morgan fingerprint density at radius 3 is 2.53 bits per heavy atom. The van der Waals surface area contributed by atoms with Crippen LogP contribution in [0, 0.1) is 6.92 Å². The van der Waals surface area contributed by atoms with Gasteiger partial charge in [-0.1, -0.05) is 0 Å². The highest BCUT2D eigenvalue weighted by Crippen LogP contribution is 2.08. The number of aromatic nitrogens is 2. The van der Waals surface area contributed by atoms with Gasteiger partial charge in [0, 0.05) is 6.54 Å². The monoisotopic (exact) mass is 268 g/mol. The van der Waals surface area contributed by atoms with Gasteiger partial charge in [-0.2, -0.15) is 5.10 Å². The number of nitrogens with two attached hydrogens (primary N) is 1. The molecule has 0 saturated carbocycles. The van der Waals surface area contributed by atoms with E-state index in [1.54, 1.807) is 19.9 Å². The minimum Gasteiger partial charge on any atom is -0.480 e. The van der Waals surface area contributed by atoms with Crippen molar-refractivity contribution in [2.24, 2.45) is 5.73 Å². The van der Waals surface area contributed by atoms with Gasteiger partial charge in [0.15, 0.2) is 0 Å². The number of aryl methyl sites for hydroxylation is 2. The molecule has 3 N–H and O–H groups in total. The standard InChI is InChI=1S/C11H16N4O4/c1-3-15-8(4-7(2)13-15)11(19)14(5-9(12)16)6-10(17)18/h4H,3,5-6H2,1-2H3,(H2,12,16)(H,17,18). The summed E-state index contributed by atoms with van der Waals surface area (Å²) in [5, 5.41) is 12.9. The topological polar surface area (TPSA) is 119 Å². The van der Waals surface area contributed by atoms with Gasteiger partial charge in [0.05, 0.1) is 5.69 Å². The molecule has 1 heterocycles. The molecule has 1 rings (SSSR count). The van der Waals surface area contributed by atoms with E-state index in [-0.39, 0.29) is 5.69 Å². The maximum absolute atomic E-state index is 12.2. The van der Waals surface area contributed by atoms with E-state index in [0.29, 0.717) is 12.2 Å². The van der Waals surface area contributed by atoms with Crippen LogP contribution in [0.25, 0.3) is 0 Å². The molecule has 0 saturated heterocycles. The molecule has 104 valence electrons. The van der Waals surface area contributed by atoms with Crippen LogP contribution in [0.4, 0.5) is 0 Å². The molecule has 0 radical (unpaired) electrons. The largest absolute Gasteiger partial charge is 0.480 e. The van der Waals surface area contributed by atoms with Gasteiger partial charge in [0.2, 0.25) is 5.91 Å². The smallest absolute Gasteiger partial charge is 0.323 e. The van der Waals surface area contributed by atoms with E-state index in [1.807, 2.05) is 0 Å². The van der Waals surface area contributed by atoms with Gasteiger partial charge in [-0.15, -0.1) is 0 Å². The Morgan fingerprint density at radius 2 is 2.05 bits per heavy atom. The molecule has 0 unspecified atom stereocenters. The second-order valence-electron chi connectivity index (χ2n) is 4.01. The van der Waals surface area contributed by atoms with E-state index in [1.165, 1.54) is 4.68 Å². The first-order valence-electron chi connectivity index (χ1n) is 5.69. The van der Waals surface area contributed by atoms with Gasteiger partial charge in [-0.05, 0) is 19.9 Å². The van der Waals surface area contributed by atoms with Crippen molar-refractivity contribution < 1.29 is 19.5 Å². The van der Waals surface area contributed by atoms with Gasteiger partial charge in [-0.3, -0.25) is 19.1 Å². The summed E-state index contributed by atoms with van der Waals surface area (Å²) in [5.41, 5.74) is 5.89. The van der Waals surface area contributed by atoms with Crippen molar-refractivity contribution in [3.63, 3.8) is 0 Å². The molecule has 19 heavy (non-hydrogen) atoms. The highest BCUT2D eigenvalue weighted by Gasteiger charge is 2.23. The molecule has 2 amide bonds. The minimum absolute atomic E-state index is 0.238. The first-order chi connectivity index (χ1) is 8.85. The van der Waals surface area contributed by atoms with Crippen molar-refractivity contribution in [1.29, 1.82) is 0 Å². The fraction of sp³-hybridized carbons (Fsp3) is 0.455. The Morgan fingerprint density at radius 1 is 1.42 bits per heavy atom. The van der Waals surface area contributed by atoms with E-state index >= 15 is 0 Å². The Labute approximate surface area is 109 Å². The Kier molecular flexibility index (Phi) is 4.62. The van der Waals surface area contributed by atoms with Crippen LogP contribution >= 0.6 is 0 Å². The summed E-state index contributed by atoms with van der Waals surface area (Å²) < 4.78 is 1.45. The average Bonchev–Trinajstić information content (AvgIpc) is 2.67. The predicted molar refractivity (Wildman–Crippen MR) is 65.4 cm³/mol. The number of nitrogens with zero attached hydrogens (tertiary/aromatic N) is 3. The number of hydrogen-bond acceptors (Lipinski definition) is 4. The number of carboxylic acid groups (broad SMARTS) is 1. The van der Waals surface area contributed by atoms with Crippen LogP contribution in [-0.4, -0.2) is 50.7 Å². The van der Waals surface area contributed by atoms with Crippen molar-refractivity contribution in [1.82, 2.24) is 14.7 Å². The van der Waals surface area contributed by atoms with E-state index in [4.69, 9.17) is 10.8 Å². The van der Waals surface area contributed by atoms with Crippen LogP contribution in [0.2, 0.25) is 0 Å². The van der Waals surface area contributed by atoms with Crippen LogP contribution in [0.15, 0.2) is 6.07 Å². The number of carbonyl (C=O) groups excluding carboxylic acids is 2. The van der Waals surface area contributed by atoms with E-state index in [2.05, 4.69) is 5.10 Å². The average molecular weight is 268 g/mol. The zero-order valence-corrected chi connectivity index (χ0v) is 10.8. The molecule has 0 bridgehead atoms. The van der Waals surface area contributed by atoms with Gasteiger partial charge < -0.3 is 15.7 Å². The lowest BCUT2D eigenvalue weighted by Gasteiger charge is -2.19. The third-order valence-corrected chi connectivity index (χ3v) is 2.38. The molecule has 0 fully saturated rings. The molecule has 8 nitrogen and oxygen atoms in total. The Hall–Kier alpha value is -2.38. The second-order valence-corrected chi connectivity index (χ2v) is 4.01. The van der Waals surface area contributed by atoms with Crippen LogP contribution in [0.3, 0.4) is 0 Å². The number of hydrogen-bond donors (Lipinski definition) is 2. The Balaban J connectivity index is 3.03. The van der Waals surface area contributed by atoms with Crippen molar-refractivity contribution in [3.8, 4) is 0 Å². The van der Waals surface area contributed by atoms with E-state index in [9.17, 15) is 14.4 Å². The van der Waals surface area contributed by atoms with Crippen molar-refractivity contribution in [3.05, 3.63) is 17.5 Å². The van der Waals surface area contributed by atoms with Gasteiger partial charge in [0.25, 0.3) is 5.91 Å². The van der Waals surface area contributed by atoms with Crippen molar-refractivity contribution in [2.75, 3.05) is 13.1 Å². The summed E-state index contributed by atoms with van der Waals surface area (Å²) >= 11 is 0. The summed E-state index contributed by atoms with van der Waals surface area (Å²) in [7, 11) is 0. The number of rotatable bonds is 6. The number of primary amides is 1. The molecule has 1 aromatic rings. The number of amides is 2. The molecule has 0 aliphatic carbocycles. The van der Waals surface area contributed by atoms with Crippen LogP contribution in [0.1, 0.15) is 23.1 Å². The maximum atomic E-state index is 12.2. The van der Waals surface area contributed by atoms with Gasteiger partial charge >= 0.3 is 5.97 Å². The molecule has 0 aliphatic rings. The Bertz CT molecular complexity index is 493. The third-order valence-electron chi connectivity index (χ3n) is 2.38. The minimum atomic E-state index is -1.21. The number of aliphatic carboxylic acids is 1. The van der Waals surface area contributed by atoms with Crippen molar-refractivity contribution in [2.45, 2.75) is 20.4 Å². The highest BCUT2D eigenvalue weighted by atomic mass is 16.4. The van der Waals surface area contributed by atoms with Crippen LogP contribution in [0.5, 0.6) is 0 Å². The lowest BCUT2D eigenvalue weighted by Crippen LogP contribution is -2.42. The molecule has 0 spiro atoms. The quantitative estimate of drug-likeness (QED) is 0.701. The summed E-state index contributed by atoms with van der Waals surface area (Å²) in [6.07, 6.45) is 0. The molecule has 1 aromatic heterocycles. The molecular formula is C11H16N4O4. The third kappa shape index (κ3) is 3.80. The highest BCUT2D eigenvalue weighted by molar-refractivity contribution is 5.96. The SMILES string of the molecule is CCn1nc(C)cc1C(=O)N(CC(N)=O)CC(=O)O. The van der Waals surface area contributed by atoms with Crippen LogP contribution < -0.4 is 5.73 Å². The lowest BCUT2D eigenvalue weighted by molar-refractivity contribution is -0.138. The first-order valence-corrected chi connectivity index (χ1v) is 5.69. The fourth-order valence-corrected chi connectivity index (χ4v) is 1.67. The van der Waals surface area contributed by atoms with Gasteiger partial charge in [0.1, 0.15) is 18.8 Å². The van der Waals surface area contributed by atoms with Gasteiger partial charge in [-0.25, -0.2) is 0 Å². The zero-order chi connectivity index (χ0) is 14.6. The summed E-state index contributed by atoms with van der Waals surface area (Å²) in [5.74, 6) is -2.56. The molecule has 0 aliphatic heterocycles. The molecule has 8 heteroatoms. The lowest BCUT2D eigenvalue weighted by atomic mass is 10.3. The number of carboxylic acids is 1. The maximum Gasteiger partial charge on any atom is 0.323 e.